The molecule has 0 aromatic carbocycles. The van der Waals surface area contributed by atoms with Crippen molar-refractivity contribution in [2.24, 2.45) is 0 Å². The molecule has 1 atom stereocenters. The van der Waals surface area contributed by atoms with Crippen molar-refractivity contribution >= 4 is 17.2 Å². The Morgan fingerprint density at radius 3 is 3.05 bits per heavy atom. The minimum atomic E-state index is -0.116. The number of hydrogen-bond acceptors (Lipinski definition) is 4. The van der Waals surface area contributed by atoms with Crippen molar-refractivity contribution in [2.75, 3.05) is 0 Å². The standard InChI is InChI=1S/C13H16N4OS/c1-8(16-12(18)9-6-14-15-7-9)13-17-10-4-2-3-5-11(10)19-13/h6-8H,2-5H2,1H3,(H,14,15)(H,16,18). The van der Waals surface area contributed by atoms with E-state index >= 15 is 0 Å². The zero-order valence-corrected chi connectivity index (χ0v) is 11.6. The van der Waals surface area contributed by atoms with Crippen LogP contribution in [0.2, 0.25) is 0 Å². The highest BCUT2D eigenvalue weighted by atomic mass is 32.1. The van der Waals surface area contributed by atoms with Crippen molar-refractivity contribution in [3.8, 4) is 0 Å². The van der Waals surface area contributed by atoms with E-state index in [1.807, 2.05) is 6.92 Å². The van der Waals surface area contributed by atoms with Crippen molar-refractivity contribution in [1.82, 2.24) is 20.5 Å². The van der Waals surface area contributed by atoms with Crippen LogP contribution in [0.15, 0.2) is 12.4 Å². The highest BCUT2D eigenvalue weighted by Crippen LogP contribution is 2.29. The fraction of sp³-hybridized carbons (Fsp3) is 0.462. The third kappa shape index (κ3) is 2.53. The van der Waals surface area contributed by atoms with Crippen molar-refractivity contribution in [3.05, 3.63) is 33.5 Å². The fourth-order valence-electron chi connectivity index (χ4n) is 2.27. The Balaban J connectivity index is 1.71. The average Bonchev–Trinajstić information content (AvgIpc) is 3.07. The molecule has 6 heteroatoms. The summed E-state index contributed by atoms with van der Waals surface area (Å²) in [5.41, 5.74) is 1.78. The fourth-order valence-corrected chi connectivity index (χ4v) is 3.43. The molecule has 0 aliphatic heterocycles. The van der Waals surface area contributed by atoms with E-state index in [9.17, 15) is 4.79 Å². The first-order chi connectivity index (χ1) is 9.24. The number of thiazole rings is 1. The van der Waals surface area contributed by atoms with Crippen LogP contribution in [0.4, 0.5) is 0 Å². The van der Waals surface area contributed by atoms with Gasteiger partial charge in [-0.1, -0.05) is 0 Å². The van der Waals surface area contributed by atoms with Gasteiger partial charge in [0.1, 0.15) is 5.01 Å². The van der Waals surface area contributed by atoms with E-state index in [1.54, 1.807) is 17.5 Å². The van der Waals surface area contributed by atoms with E-state index in [0.29, 0.717) is 5.56 Å². The molecule has 0 spiro atoms. The first-order valence-corrected chi connectivity index (χ1v) is 7.34. The van der Waals surface area contributed by atoms with E-state index in [-0.39, 0.29) is 11.9 Å². The predicted molar refractivity (Wildman–Crippen MR) is 73.2 cm³/mol. The van der Waals surface area contributed by atoms with Crippen molar-refractivity contribution < 1.29 is 4.79 Å². The maximum atomic E-state index is 11.9. The summed E-state index contributed by atoms with van der Waals surface area (Å²) >= 11 is 1.73. The molecule has 2 heterocycles. The molecule has 2 aromatic heterocycles. The van der Waals surface area contributed by atoms with Gasteiger partial charge in [-0.2, -0.15) is 5.10 Å². The lowest BCUT2D eigenvalue weighted by Gasteiger charge is -2.09. The zero-order valence-electron chi connectivity index (χ0n) is 10.8. The van der Waals surface area contributed by atoms with Gasteiger partial charge in [-0.05, 0) is 32.6 Å². The van der Waals surface area contributed by atoms with Gasteiger partial charge < -0.3 is 5.32 Å². The van der Waals surface area contributed by atoms with Gasteiger partial charge >= 0.3 is 0 Å². The monoisotopic (exact) mass is 276 g/mol. The van der Waals surface area contributed by atoms with Crippen LogP contribution in [-0.4, -0.2) is 21.1 Å². The molecule has 3 rings (SSSR count). The summed E-state index contributed by atoms with van der Waals surface area (Å²) in [4.78, 5) is 18.0. The molecule has 2 aromatic rings. The molecular weight excluding hydrogens is 260 g/mol. The average molecular weight is 276 g/mol. The smallest absolute Gasteiger partial charge is 0.255 e. The topological polar surface area (TPSA) is 70.7 Å². The van der Waals surface area contributed by atoms with Crippen LogP contribution in [0.1, 0.15) is 51.7 Å². The number of nitrogens with zero attached hydrogens (tertiary/aromatic N) is 2. The summed E-state index contributed by atoms with van der Waals surface area (Å²) in [6.45, 7) is 1.97. The van der Waals surface area contributed by atoms with Crippen LogP contribution >= 0.6 is 11.3 Å². The van der Waals surface area contributed by atoms with E-state index in [4.69, 9.17) is 0 Å². The molecule has 5 nitrogen and oxygen atoms in total. The molecule has 0 fully saturated rings. The second kappa shape index (κ2) is 5.13. The lowest BCUT2D eigenvalue weighted by molar-refractivity contribution is 0.0940. The maximum Gasteiger partial charge on any atom is 0.255 e. The molecule has 0 saturated carbocycles. The van der Waals surface area contributed by atoms with Gasteiger partial charge in [0.25, 0.3) is 5.91 Å². The Kier molecular flexibility index (Phi) is 3.33. The number of hydrogen-bond donors (Lipinski definition) is 2. The highest BCUT2D eigenvalue weighted by molar-refractivity contribution is 7.11. The summed E-state index contributed by atoms with van der Waals surface area (Å²) in [6, 6.07) is -0.0574. The van der Waals surface area contributed by atoms with Crippen LogP contribution in [-0.2, 0) is 12.8 Å². The Labute approximate surface area is 115 Å². The van der Waals surface area contributed by atoms with Crippen LogP contribution in [0.5, 0.6) is 0 Å². The van der Waals surface area contributed by atoms with E-state index in [0.717, 1.165) is 17.8 Å². The normalized spacial score (nSPS) is 15.8. The van der Waals surface area contributed by atoms with Gasteiger partial charge in [0.2, 0.25) is 0 Å². The van der Waals surface area contributed by atoms with Crippen molar-refractivity contribution in [2.45, 2.75) is 38.6 Å². The molecule has 1 amide bonds. The van der Waals surface area contributed by atoms with Crippen molar-refractivity contribution in [3.63, 3.8) is 0 Å². The molecular formula is C13H16N4OS. The molecule has 2 N–H and O–H groups in total. The van der Waals surface area contributed by atoms with Gasteiger partial charge in [0.05, 0.1) is 23.5 Å². The van der Waals surface area contributed by atoms with E-state index in [1.165, 1.54) is 29.6 Å². The van der Waals surface area contributed by atoms with Crippen LogP contribution in [0.25, 0.3) is 0 Å². The number of H-pyrrole nitrogens is 1. The van der Waals surface area contributed by atoms with E-state index < -0.39 is 0 Å². The zero-order chi connectivity index (χ0) is 13.2. The molecule has 0 bridgehead atoms. The van der Waals surface area contributed by atoms with Gasteiger partial charge in [0, 0.05) is 11.1 Å². The first-order valence-electron chi connectivity index (χ1n) is 6.52. The van der Waals surface area contributed by atoms with Crippen molar-refractivity contribution in [1.29, 1.82) is 0 Å². The summed E-state index contributed by atoms with van der Waals surface area (Å²) in [5, 5.41) is 10.4. The number of carbonyl (C=O) groups excluding carboxylic acids is 1. The van der Waals surface area contributed by atoms with Crippen LogP contribution in [0.3, 0.4) is 0 Å². The number of aromatic amines is 1. The molecule has 1 unspecified atom stereocenters. The van der Waals surface area contributed by atoms with Crippen LogP contribution in [0, 0.1) is 0 Å². The maximum absolute atomic E-state index is 11.9. The summed E-state index contributed by atoms with van der Waals surface area (Å²) < 4.78 is 0. The number of carbonyl (C=O) groups is 1. The van der Waals surface area contributed by atoms with Gasteiger partial charge in [-0.15, -0.1) is 11.3 Å². The first kappa shape index (κ1) is 12.3. The Morgan fingerprint density at radius 1 is 1.47 bits per heavy atom. The minimum Gasteiger partial charge on any atom is -0.343 e. The molecule has 19 heavy (non-hydrogen) atoms. The number of amides is 1. The van der Waals surface area contributed by atoms with E-state index in [2.05, 4.69) is 20.5 Å². The van der Waals surface area contributed by atoms with Gasteiger partial charge in [-0.3, -0.25) is 9.89 Å². The Hall–Kier alpha value is -1.69. The molecule has 1 aliphatic carbocycles. The lowest BCUT2D eigenvalue weighted by Crippen LogP contribution is -2.26. The highest BCUT2D eigenvalue weighted by Gasteiger charge is 2.20. The SMILES string of the molecule is CC(NC(=O)c1cn[nH]c1)c1nc2c(s1)CCCC2. The minimum absolute atomic E-state index is 0.0574. The Bertz CT molecular complexity index is 552. The largest absolute Gasteiger partial charge is 0.343 e. The third-order valence-corrected chi connectivity index (χ3v) is 4.68. The molecule has 100 valence electrons. The third-order valence-electron chi connectivity index (χ3n) is 3.34. The van der Waals surface area contributed by atoms with Gasteiger partial charge in [0.15, 0.2) is 0 Å². The summed E-state index contributed by atoms with van der Waals surface area (Å²) in [7, 11) is 0. The number of rotatable bonds is 3. The molecule has 0 saturated heterocycles. The number of nitrogens with one attached hydrogen (secondary N) is 2. The summed E-state index contributed by atoms with van der Waals surface area (Å²) in [5.74, 6) is -0.116. The molecule has 0 radical (unpaired) electrons. The second-order valence-electron chi connectivity index (χ2n) is 4.81. The number of aromatic nitrogens is 3. The second-order valence-corrected chi connectivity index (χ2v) is 5.93. The Morgan fingerprint density at radius 2 is 2.32 bits per heavy atom. The summed E-state index contributed by atoms with van der Waals surface area (Å²) in [6.07, 6.45) is 7.81. The quantitative estimate of drug-likeness (QED) is 0.903. The number of fused-ring (bicyclic) bond motifs is 1. The predicted octanol–water partition coefficient (Wildman–Crippen LogP) is 2.24. The van der Waals surface area contributed by atoms with Gasteiger partial charge in [-0.25, -0.2) is 4.98 Å². The molecule has 1 aliphatic rings. The van der Waals surface area contributed by atoms with Crippen LogP contribution < -0.4 is 5.32 Å². The lowest BCUT2D eigenvalue weighted by atomic mass is 10.0. The number of aryl methyl sites for hydroxylation is 2.